The first-order valence-electron chi connectivity index (χ1n) is 5.18. The zero-order valence-electron chi connectivity index (χ0n) is 9.29. The lowest BCUT2D eigenvalue weighted by Gasteiger charge is -2.07. The molecule has 2 N–H and O–H groups in total. The van der Waals surface area contributed by atoms with E-state index >= 15 is 0 Å². The van der Waals surface area contributed by atoms with Gasteiger partial charge in [-0.25, -0.2) is 4.39 Å². The summed E-state index contributed by atoms with van der Waals surface area (Å²) >= 11 is 13.3. The van der Waals surface area contributed by atoms with E-state index < -0.39 is 0 Å². The maximum Gasteiger partial charge on any atom is 0.124 e. The Morgan fingerprint density at radius 2 is 1.89 bits per heavy atom. The van der Waals surface area contributed by atoms with Crippen LogP contribution in [-0.2, 0) is 5.75 Å². The molecule has 0 saturated heterocycles. The zero-order valence-corrected chi connectivity index (χ0v) is 11.6. The van der Waals surface area contributed by atoms with E-state index in [4.69, 9.17) is 28.9 Å². The second-order valence-electron chi connectivity index (χ2n) is 3.71. The van der Waals surface area contributed by atoms with Crippen molar-refractivity contribution in [1.82, 2.24) is 0 Å². The molecule has 0 fully saturated rings. The topological polar surface area (TPSA) is 26.0 Å². The molecule has 0 heterocycles. The number of hydrogen-bond donors (Lipinski definition) is 1. The van der Waals surface area contributed by atoms with E-state index in [9.17, 15) is 4.39 Å². The van der Waals surface area contributed by atoms with E-state index in [1.807, 2.05) is 6.07 Å². The number of benzene rings is 2. The van der Waals surface area contributed by atoms with Crippen molar-refractivity contribution in [2.45, 2.75) is 10.6 Å². The van der Waals surface area contributed by atoms with Crippen LogP contribution < -0.4 is 5.73 Å². The molecule has 0 saturated carbocycles. The summed E-state index contributed by atoms with van der Waals surface area (Å²) in [6.07, 6.45) is 0. The first-order chi connectivity index (χ1) is 8.56. The van der Waals surface area contributed by atoms with Crippen LogP contribution in [0.5, 0.6) is 0 Å². The van der Waals surface area contributed by atoms with Crippen molar-refractivity contribution in [3.63, 3.8) is 0 Å². The third-order valence-corrected chi connectivity index (χ3v) is 4.10. The molecular weight excluding hydrogens is 292 g/mol. The fourth-order valence-electron chi connectivity index (χ4n) is 1.45. The number of hydrogen-bond acceptors (Lipinski definition) is 2. The standard InChI is InChI=1S/C13H10Cl2FNS/c14-9-2-4-13(12(17)5-9)18-7-8-1-3-10(16)6-11(8)15/h1-6H,7,17H2. The van der Waals surface area contributed by atoms with Crippen LogP contribution in [0.2, 0.25) is 10.0 Å². The van der Waals surface area contributed by atoms with Crippen LogP contribution in [0.4, 0.5) is 10.1 Å². The molecule has 2 aromatic rings. The van der Waals surface area contributed by atoms with Gasteiger partial charge in [0.15, 0.2) is 0 Å². The van der Waals surface area contributed by atoms with E-state index in [-0.39, 0.29) is 5.82 Å². The molecule has 0 spiro atoms. The molecule has 1 nitrogen and oxygen atoms in total. The lowest BCUT2D eigenvalue weighted by Crippen LogP contribution is -1.90. The molecule has 5 heteroatoms. The predicted octanol–water partition coefficient (Wildman–Crippen LogP) is 5.01. The van der Waals surface area contributed by atoms with Gasteiger partial charge in [0.1, 0.15) is 5.82 Å². The number of nitrogen functional groups attached to an aromatic ring is 1. The van der Waals surface area contributed by atoms with Crippen molar-refractivity contribution < 1.29 is 4.39 Å². The molecule has 0 aliphatic carbocycles. The lowest BCUT2D eigenvalue weighted by molar-refractivity contribution is 0.627. The van der Waals surface area contributed by atoms with Crippen LogP contribution in [-0.4, -0.2) is 0 Å². The summed E-state index contributed by atoms with van der Waals surface area (Å²) in [7, 11) is 0. The first kappa shape index (κ1) is 13.5. The summed E-state index contributed by atoms with van der Waals surface area (Å²) < 4.78 is 12.9. The van der Waals surface area contributed by atoms with Gasteiger partial charge in [-0.05, 0) is 35.9 Å². The van der Waals surface area contributed by atoms with Crippen molar-refractivity contribution in [3.05, 3.63) is 57.8 Å². The summed E-state index contributed by atoms with van der Waals surface area (Å²) in [5.41, 5.74) is 7.35. The molecule has 0 amide bonds. The monoisotopic (exact) mass is 301 g/mol. The van der Waals surface area contributed by atoms with Gasteiger partial charge < -0.3 is 5.73 Å². The van der Waals surface area contributed by atoms with E-state index in [2.05, 4.69) is 0 Å². The predicted molar refractivity (Wildman–Crippen MR) is 76.8 cm³/mol. The van der Waals surface area contributed by atoms with Gasteiger partial charge in [0, 0.05) is 26.4 Å². The second kappa shape index (κ2) is 5.83. The smallest absolute Gasteiger partial charge is 0.124 e. The summed E-state index contributed by atoms with van der Waals surface area (Å²) in [5.74, 6) is 0.296. The van der Waals surface area contributed by atoms with Crippen LogP contribution in [0, 0.1) is 5.82 Å². The van der Waals surface area contributed by atoms with E-state index in [0.29, 0.717) is 21.5 Å². The Morgan fingerprint density at radius 1 is 1.11 bits per heavy atom. The summed E-state index contributed by atoms with van der Waals surface area (Å²) in [6.45, 7) is 0. The quantitative estimate of drug-likeness (QED) is 0.637. The Hall–Kier alpha value is -0.900. The molecule has 0 aliphatic rings. The minimum Gasteiger partial charge on any atom is -0.398 e. The van der Waals surface area contributed by atoms with E-state index in [0.717, 1.165) is 10.5 Å². The Kier molecular flexibility index (Phi) is 4.38. The molecule has 0 bridgehead atoms. The first-order valence-corrected chi connectivity index (χ1v) is 6.92. The summed E-state index contributed by atoms with van der Waals surface area (Å²) in [5, 5.41) is 1.03. The van der Waals surface area contributed by atoms with Crippen LogP contribution in [0.15, 0.2) is 41.3 Å². The minimum absolute atomic E-state index is 0.334. The molecule has 94 valence electrons. The molecular formula is C13H10Cl2FNS. The van der Waals surface area contributed by atoms with Gasteiger partial charge in [0.2, 0.25) is 0 Å². The van der Waals surface area contributed by atoms with E-state index in [1.165, 1.54) is 23.9 Å². The third-order valence-electron chi connectivity index (χ3n) is 2.37. The van der Waals surface area contributed by atoms with Crippen LogP contribution in [0.1, 0.15) is 5.56 Å². The second-order valence-corrected chi connectivity index (χ2v) is 5.57. The van der Waals surface area contributed by atoms with Gasteiger partial charge >= 0.3 is 0 Å². The number of anilines is 1. The fraction of sp³-hybridized carbons (Fsp3) is 0.0769. The highest BCUT2D eigenvalue weighted by Gasteiger charge is 2.05. The van der Waals surface area contributed by atoms with Crippen molar-refractivity contribution >= 4 is 40.7 Å². The van der Waals surface area contributed by atoms with Gasteiger partial charge in [-0.2, -0.15) is 0 Å². The van der Waals surface area contributed by atoms with Crippen LogP contribution >= 0.6 is 35.0 Å². The average molecular weight is 302 g/mol. The molecule has 2 aromatic carbocycles. The molecule has 18 heavy (non-hydrogen) atoms. The maximum atomic E-state index is 12.9. The Morgan fingerprint density at radius 3 is 2.56 bits per heavy atom. The number of thioether (sulfide) groups is 1. The Balaban J connectivity index is 2.11. The summed E-state index contributed by atoms with van der Waals surface area (Å²) in [6, 6.07) is 9.73. The highest BCUT2D eigenvalue weighted by molar-refractivity contribution is 7.98. The molecule has 0 unspecified atom stereocenters. The van der Waals surface area contributed by atoms with Gasteiger partial charge in [0.05, 0.1) is 0 Å². The van der Waals surface area contributed by atoms with Gasteiger partial charge in [-0.15, -0.1) is 11.8 Å². The van der Waals surface area contributed by atoms with Crippen molar-refractivity contribution in [2.75, 3.05) is 5.73 Å². The highest BCUT2D eigenvalue weighted by atomic mass is 35.5. The normalized spacial score (nSPS) is 10.6. The number of halogens is 3. The highest BCUT2D eigenvalue weighted by Crippen LogP contribution is 2.32. The number of rotatable bonds is 3. The Bertz CT molecular complexity index is 523. The van der Waals surface area contributed by atoms with Crippen molar-refractivity contribution in [2.24, 2.45) is 0 Å². The number of nitrogens with two attached hydrogens (primary N) is 1. The fourth-order valence-corrected chi connectivity index (χ4v) is 2.89. The van der Waals surface area contributed by atoms with Crippen molar-refractivity contribution in [1.29, 1.82) is 0 Å². The largest absolute Gasteiger partial charge is 0.398 e. The van der Waals surface area contributed by atoms with Crippen LogP contribution in [0.3, 0.4) is 0 Å². The summed E-state index contributed by atoms with van der Waals surface area (Å²) in [4.78, 5) is 0.930. The Labute approximate surface area is 119 Å². The van der Waals surface area contributed by atoms with Crippen LogP contribution in [0.25, 0.3) is 0 Å². The molecule has 0 aromatic heterocycles. The average Bonchev–Trinajstić information content (AvgIpc) is 2.30. The lowest BCUT2D eigenvalue weighted by atomic mass is 10.2. The minimum atomic E-state index is -0.334. The van der Waals surface area contributed by atoms with Gasteiger partial charge in [-0.1, -0.05) is 29.3 Å². The third kappa shape index (κ3) is 3.31. The maximum absolute atomic E-state index is 12.9. The zero-order chi connectivity index (χ0) is 13.1. The molecule has 0 aliphatic heterocycles. The molecule has 2 rings (SSSR count). The van der Waals surface area contributed by atoms with Crippen molar-refractivity contribution in [3.8, 4) is 0 Å². The molecule has 0 atom stereocenters. The van der Waals surface area contributed by atoms with Gasteiger partial charge in [0.25, 0.3) is 0 Å². The van der Waals surface area contributed by atoms with E-state index in [1.54, 1.807) is 18.2 Å². The molecule has 0 radical (unpaired) electrons. The van der Waals surface area contributed by atoms with Gasteiger partial charge in [-0.3, -0.25) is 0 Å². The SMILES string of the molecule is Nc1cc(Cl)ccc1SCc1ccc(F)cc1Cl.